The maximum Gasteiger partial charge on any atom is 0.231 e. The molecule has 1 aliphatic heterocycles. The second kappa shape index (κ2) is 7.82. The van der Waals surface area contributed by atoms with Gasteiger partial charge in [-0.1, -0.05) is 49.8 Å². The SMILES string of the molecule is CC[C@H](C)Sc1nnc(NC(=O)[C@H]2CC(=O)N(C3CCCC3)C2)s1. The minimum Gasteiger partial charge on any atom is -0.339 e. The summed E-state index contributed by atoms with van der Waals surface area (Å²) in [5.41, 5.74) is 0. The number of hydrogen-bond acceptors (Lipinski definition) is 6. The maximum absolute atomic E-state index is 12.5. The highest BCUT2D eigenvalue weighted by Crippen LogP contribution is 2.32. The summed E-state index contributed by atoms with van der Waals surface area (Å²) >= 11 is 3.07. The number of rotatable bonds is 6. The largest absolute Gasteiger partial charge is 0.339 e. The Hall–Kier alpha value is -1.15. The van der Waals surface area contributed by atoms with Crippen LogP contribution in [-0.2, 0) is 9.59 Å². The zero-order valence-corrected chi connectivity index (χ0v) is 15.8. The summed E-state index contributed by atoms with van der Waals surface area (Å²) in [4.78, 5) is 26.6. The number of hydrogen-bond donors (Lipinski definition) is 1. The van der Waals surface area contributed by atoms with Gasteiger partial charge < -0.3 is 10.2 Å². The van der Waals surface area contributed by atoms with Crippen LogP contribution in [0.5, 0.6) is 0 Å². The molecule has 6 nitrogen and oxygen atoms in total. The van der Waals surface area contributed by atoms with Crippen LogP contribution >= 0.6 is 23.1 Å². The summed E-state index contributed by atoms with van der Waals surface area (Å²) in [7, 11) is 0. The fourth-order valence-corrected chi connectivity index (χ4v) is 5.25. The average molecular weight is 369 g/mol. The molecule has 132 valence electrons. The third-order valence-electron chi connectivity index (χ3n) is 4.81. The van der Waals surface area contributed by atoms with E-state index in [1.165, 1.54) is 24.2 Å². The zero-order valence-electron chi connectivity index (χ0n) is 14.2. The molecule has 1 saturated carbocycles. The van der Waals surface area contributed by atoms with Crippen molar-refractivity contribution in [2.75, 3.05) is 11.9 Å². The lowest BCUT2D eigenvalue weighted by atomic mass is 10.1. The molecule has 0 aromatic carbocycles. The second-order valence-corrected chi connectivity index (χ2v) is 9.25. The normalized spacial score (nSPS) is 23.0. The predicted molar refractivity (Wildman–Crippen MR) is 96.2 cm³/mol. The van der Waals surface area contributed by atoms with Crippen LogP contribution in [0.25, 0.3) is 0 Å². The number of nitrogens with zero attached hydrogens (tertiary/aromatic N) is 3. The van der Waals surface area contributed by atoms with Gasteiger partial charge in [0.25, 0.3) is 0 Å². The molecule has 24 heavy (non-hydrogen) atoms. The lowest BCUT2D eigenvalue weighted by Gasteiger charge is -2.23. The Balaban J connectivity index is 1.54. The van der Waals surface area contributed by atoms with Crippen molar-refractivity contribution in [3.8, 4) is 0 Å². The van der Waals surface area contributed by atoms with Crippen LogP contribution in [0.3, 0.4) is 0 Å². The molecule has 1 aromatic heterocycles. The van der Waals surface area contributed by atoms with E-state index in [0.29, 0.717) is 29.4 Å². The summed E-state index contributed by atoms with van der Waals surface area (Å²) in [6, 6.07) is 0.343. The molecule has 8 heteroatoms. The lowest BCUT2D eigenvalue weighted by molar-refractivity contribution is -0.129. The molecule has 2 fully saturated rings. The molecular formula is C16H24N4O2S2. The fraction of sp³-hybridized carbons (Fsp3) is 0.750. The third-order valence-corrected chi connectivity index (χ3v) is 7.00. The van der Waals surface area contributed by atoms with Crippen molar-refractivity contribution in [1.29, 1.82) is 0 Å². The van der Waals surface area contributed by atoms with Crippen molar-refractivity contribution in [1.82, 2.24) is 15.1 Å². The Bertz CT molecular complexity index is 601. The molecule has 2 heterocycles. The van der Waals surface area contributed by atoms with E-state index >= 15 is 0 Å². The molecule has 0 spiro atoms. The molecule has 0 bridgehead atoms. The molecule has 2 atom stereocenters. The van der Waals surface area contributed by atoms with E-state index in [-0.39, 0.29) is 17.7 Å². The number of anilines is 1. The molecule has 0 unspecified atom stereocenters. The number of nitrogens with one attached hydrogen (secondary N) is 1. The van der Waals surface area contributed by atoms with Gasteiger partial charge in [0.1, 0.15) is 0 Å². The van der Waals surface area contributed by atoms with Gasteiger partial charge in [0.05, 0.1) is 5.92 Å². The average Bonchev–Trinajstić information content (AvgIpc) is 3.28. The minimum atomic E-state index is -0.271. The van der Waals surface area contributed by atoms with E-state index in [1.807, 2.05) is 4.90 Å². The smallest absolute Gasteiger partial charge is 0.231 e. The number of aromatic nitrogens is 2. The molecule has 2 amide bonds. The van der Waals surface area contributed by atoms with Gasteiger partial charge in [0, 0.05) is 24.3 Å². The quantitative estimate of drug-likeness (QED) is 0.617. The molecule has 1 saturated heterocycles. The summed E-state index contributed by atoms with van der Waals surface area (Å²) in [6.45, 7) is 4.82. The van der Waals surface area contributed by atoms with Crippen LogP contribution in [0, 0.1) is 5.92 Å². The van der Waals surface area contributed by atoms with Crippen LogP contribution in [0.1, 0.15) is 52.4 Å². The fourth-order valence-electron chi connectivity index (χ4n) is 3.25. The van der Waals surface area contributed by atoms with Crippen LogP contribution < -0.4 is 5.32 Å². The molecular weight excluding hydrogens is 344 g/mol. The molecule has 3 rings (SSSR count). The van der Waals surface area contributed by atoms with Crippen molar-refractivity contribution in [2.45, 2.75) is 68.0 Å². The second-order valence-electron chi connectivity index (χ2n) is 6.58. The van der Waals surface area contributed by atoms with Gasteiger partial charge in [0.15, 0.2) is 4.34 Å². The van der Waals surface area contributed by atoms with E-state index in [2.05, 4.69) is 29.4 Å². The highest BCUT2D eigenvalue weighted by Gasteiger charge is 2.38. The molecule has 0 radical (unpaired) electrons. The third kappa shape index (κ3) is 4.08. The van der Waals surface area contributed by atoms with Crippen molar-refractivity contribution >= 4 is 40.0 Å². The number of carbonyl (C=O) groups is 2. The zero-order chi connectivity index (χ0) is 17.1. The van der Waals surface area contributed by atoms with Crippen molar-refractivity contribution in [2.24, 2.45) is 5.92 Å². The molecule has 1 aliphatic carbocycles. The highest BCUT2D eigenvalue weighted by molar-refractivity contribution is 8.01. The van der Waals surface area contributed by atoms with Crippen LogP contribution in [-0.4, -0.2) is 44.7 Å². The predicted octanol–water partition coefficient (Wildman–Crippen LogP) is 3.16. The van der Waals surface area contributed by atoms with Gasteiger partial charge >= 0.3 is 0 Å². The van der Waals surface area contributed by atoms with Gasteiger partial charge in [-0.3, -0.25) is 9.59 Å². The monoisotopic (exact) mass is 368 g/mol. The Morgan fingerprint density at radius 1 is 1.42 bits per heavy atom. The molecule has 1 aromatic rings. The van der Waals surface area contributed by atoms with Gasteiger partial charge in [0.2, 0.25) is 16.9 Å². The van der Waals surface area contributed by atoms with Gasteiger partial charge in [-0.15, -0.1) is 10.2 Å². The van der Waals surface area contributed by atoms with Gasteiger partial charge in [-0.25, -0.2) is 0 Å². The topological polar surface area (TPSA) is 75.2 Å². The van der Waals surface area contributed by atoms with Gasteiger partial charge in [-0.2, -0.15) is 0 Å². The first-order chi connectivity index (χ1) is 11.6. The first-order valence-electron chi connectivity index (χ1n) is 8.67. The number of thioether (sulfide) groups is 1. The van der Waals surface area contributed by atoms with Gasteiger partial charge in [-0.05, 0) is 19.3 Å². The Labute approximate surface area is 150 Å². The van der Waals surface area contributed by atoms with E-state index in [9.17, 15) is 9.59 Å². The van der Waals surface area contributed by atoms with Crippen LogP contribution in [0.2, 0.25) is 0 Å². The van der Waals surface area contributed by atoms with Crippen molar-refractivity contribution in [3.05, 3.63) is 0 Å². The first-order valence-corrected chi connectivity index (χ1v) is 10.4. The van der Waals surface area contributed by atoms with Crippen molar-refractivity contribution in [3.63, 3.8) is 0 Å². The minimum absolute atomic E-state index is 0.111. The van der Waals surface area contributed by atoms with E-state index in [1.54, 1.807) is 11.8 Å². The Morgan fingerprint density at radius 2 is 2.17 bits per heavy atom. The molecule has 2 aliphatic rings. The lowest BCUT2D eigenvalue weighted by Crippen LogP contribution is -2.35. The van der Waals surface area contributed by atoms with E-state index in [0.717, 1.165) is 23.6 Å². The summed E-state index contributed by atoms with van der Waals surface area (Å²) in [6.07, 6.45) is 5.90. The number of likely N-dealkylation sites (tertiary alicyclic amines) is 1. The number of amides is 2. The highest BCUT2D eigenvalue weighted by atomic mass is 32.2. The summed E-state index contributed by atoms with van der Waals surface area (Å²) < 4.78 is 0.870. The van der Waals surface area contributed by atoms with Crippen molar-refractivity contribution < 1.29 is 9.59 Å². The van der Waals surface area contributed by atoms with E-state index < -0.39 is 0 Å². The van der Waals surface area contributed by atoms with E-state index in [4.69, 9.17) is 0 Å². The first kappa shape index (κ1) is 17.7. The maximum atomic E-state index is 12.5. The standard InChI is InChI=1S/C16H24N4O2S2/c1-3-10(2)23-16-19-18-15(24-16)17-14(22)11-8-13(21)20(9-11)12-6-4-5-7-12/h10-12H,3-9H2,1-2H3,(H,17,18,22)/t10-,11-/m0/s1. The number of carbonyl (C=O) groups excluding carboxylic acids is 2. The summed E-state index contributed by atoms with van der Waals surface area (Å²) in [5, 5.41) is 12.0. The summed E-state index contributed by atoms with van der Waals surface area (Å²) in [5.74, 6) is -0.264. The van der Waals surface area contributed by atoms with Crippen LogP contribution in [0.15, 0.2) is 4.34 Å². The Kier molecular flexibility index (Phi) is 5.76. The van der Waals surface area contributed by atoms with Crippen LogP contribution in [0.4, 0.5) is 5.13 Å². The Morgan fingerprint density at radius 3 is 2.88 bits per heavy atom. The molecule has 1 N–H and O–H groups in total.